The highest BCUT2D eigenvalue weighted by atomic mass is 16.4. The maximum atomic E-state index is 13.5. The van der Waals surface area contributed by atoms with Crippen molar-refractivity contribution in [3.8, 4) is 0 Å². The number of carbonyl (C=O) groups excluding carboxylic acids is 4. The predicted molar refractivity (Wildman–Crippen MR) is 165 cm³/mol. The molecule has 0 spiro atoms. The largest absolute Gasteiger partial charge is 0.480 e. The normalized spacial score (nSPS) is 14.0. The predicted octanol–water partition coefficient (Wildman–Crippen LogP) is 3.06. The molecule has 1 heterocycles. The number of carboxylic acid groups (broad SMARTS) is 1. The van der Waals surface area contributed by atoms with Crippen LogP contribution in [0.25, 0.3) is 11.1 Å². The topological polar surface area (TPSA) is 145 Å². The first-order chi connectivity index (χ1) is 21.3. The molecule has 4 N–H and O–H groups in total. The Labute approximate surface area is 255 Å². The van der Waals surface area contributed by atoms with E-state index in [4.69, 9.17) is 0 Å². The van der Waals surface area contributed by atoms with Crippen LogP contribution in [-0.4, -0.2) is 53.8 Å². The van der Waals surface area contributed by atoms with E-state index in [0.717, 1.165) is 40.8 Å². The number of fused-ring (bicyclic) bond motifs is 4. The van der Waals surface area contributed by atoms with E-state index >= 15 is 0 Å². The van der Waals surface area contributed by atoms with Crippen LogP contribution in [0.3, 0.4) is 0 Å². The van der Waals surface area contributed by atoms with Crippen LogP contribution in [0.2, 0.25) is 0 Å². The SMILES string of the molecule is O=C(CCC(=O)N1Cc2ccccc2C2=C(CC2)c2ccccc21)NCC(=O)NCC(=O)N[C@@H](Cc1ccccc1)C(=O)O. The van der Waals surface area contributed by atoms with E-state index < -0.39 is 36.3 Å². The van der Waals surface area contributed by atoms with E-state index in [2.05, 4.69) is 22.0 Å². The van der Waals surface area contributed by atoms with Crippen LogP contribution < -0.4 is 20.9 Å². The number of rotatable bonds is 11. The lowest BCUT2D eigenvalue weighted by Crippen LogP contribution is -2.47. The van der Waals surface area contributed by atoms with E-state index in [1.54, 1.807) is 35.2 Å². The summed E-state index contributed by atoms with van der Waals surface area (Å²) in [7, 11) is 0. The van der Waals surface area contributed by atoms with Gasteiger partial charge in [-0.2, -0.15) is 0 Å². The molecule has 0 fully saturated rings. The maximum Gasteiger partial charge on any atom is 0.326 e. The van der Waals surface area contributed by atoms with E-state index in [9.17, 15) is 29.1 Å². The second-order valence-electron chi connectivity index (χ2n) is 10.8. The molecule has 0 bridgehead atoms. The number of carbonyl (C=O) groups is 5. The summed E-state index contributed by atoms with van der Waals surface area (Å²) in [6, 6.07) is 23.7. The van der Waals surface area contributed by atoms with Crippen molar-refractivity contribution in [2.45, 2.75) is 44.7 Å². The summed E-state index contributed by atoms with van der Waals surface area (Å²) in [5, 5.41) is 16.7. The highest BCUT2D eigenvalue weighted by Gasteiger charge is 2.30. The van der Waals surface area contributed by atoms with Gasteiger partial charge in [0.25, 0.3) is 0 Å². The Morgan fingerprint density at radius 2 is 1.32 bits per heavy atom. The third-order valence-corrected chi connectivity index (χ3v) is 7.86. The Balaban J connectivity index is 1.10. The fourth-order valence-corrected chi connectivity index (χ4v) is 5.52. The molecule has 1 atom stereocenters. The summed E-state index contributed by atoms with van der Waals surface area (Å²) in [5.74, 6) is -3.15. The summed E-state index contributed by atoms with van der Waals surface area (Å²) in [6.07, 6.45) is 1.89. The molecule has 0 aromatic heterocycles. The van der Waals surface area contributed by atoms with Gasteiger partial charge in [0.15, 0.2) is 0 Å². The third kappa shape index (κ3) is 7.20. The highest BCUT2D eigenvalue weighted by molar-refractivity contribution is 6.05. The number of aliphatic carboxylic acids is 1. The van der Waals surface area contributed by atoms with Gasteiger partial charge in [-0.3, -0.25) is 19.2 Å². The van der Waals surface area contributed by atoms with Crippen LogP contribution in [0.5, 0.6) is 0 Å². The van der Waals surface area contributed by atoms with Gasteiger partial charge in [-0.25, -0.2) is 4.79 Å². The number of hydrogen-bond donors (Lipinski definition) is 4. The summed E-state index contributed by atoms with van der Waals surface area (Å²) in [5.41, 5.74) is 7.40. The van der Waals surface area contributed by atoms with Gasteiger partial charge in [-0.05, 0) is 46.7 Å². The van der Waals surface area contributed by atoms with Gasteiger partial charge >= 0.3 is 5.97 Å². The van der Waals surface area contributed by atoms with E-state index in [1.807, 2.05) is 42.5 Å². The molecule has 2 aliphatic rings. The molecular weight excluding hydrogens is 560 g/mol. The molecule has 10 heteroatoms. The first-order valence-corrected chi connectivity index (χ1v) is 14.6. The zero-order valence-corrected chi connectivity index (χ0v) is 24.2. The summed E-state index contributed by atoms with van der Waals surface area (Å²) >= 11 is 0. The monoisotopic (exact) mass is 594 g/mol. The van der Waals surface area contributed by atoms with Crippen LogP contribution >= 0.6 is 0 Å². The Morgan fingerprint density at radius 1 is 0.705 bits per heavy atom. The van der Waals surface area contributed by atoms with Crippen molar-refractivity contribution >= 4 is 46.4 Å². The minimum atomic E-state index is -1.19. The van der Waals surface area contributed by atoms with Crippen LogP contribution in [0.1, 0.15) is 47.9 Å². The summed E-state index contributed by atoms with van der Waals surface area (Å²) in [4.78, 5) is 63.8. The van der Waals surface area contributed by atoms with Gasteiger partial charge in [-0.15, -0.1) is 0 Å². The molecule has 1 aliphatic carbocycles. The summed E-state index contributed by atoms with van der Waals surface area (Å²) < 4.78 is 0. The molecule has 0 unspecified atom stereocenters. The number of anilines is 1. The second-order valence-corrected chi connectivity index (χ2v) is 10.8. The van der Waals surface area contributed by atoms with E-state index in [1.165, 1.54) is 11.1 Å². The smallest absolute Gasteiger partial charge is 0.326 e. The average molecular weight is 595 g/mol. The molecule has 4 amide bonds. The van der Waals surface area contributed by atoms with Crippen molar-refractivity contribution in [2.75, 3.05) is 18.0 Å². The lowest BCUT2D eigenvalue weighted by atomic mass is 9.77. The number of carboxylic acids is 1. The number of nitrogens with one attached hydrogen (secondary N) is 3. The molecule has 3 aromatic carbocycles. The van der Waals surface area contributed by atoms with E-state index in [-0.39, 0.29) is 31.7 Å². The fourth-order valence-electron chi connectivity index (χ4n) is 5.52. The molecule has 0 saturated carbocycles. The summed E-state index contributed by atoms with van der Waals surface area (Å²) in [6.45, 7) is -0.438. The van der Waals surface area contributed by atoms with Crippen LogP contribution in [0.15, 0.2) is 78.9 Å². The molecule has 44 heavy (non-hydrogen) atoms. The lowest BCUT2D eigenvalue weighted by molar-refractivity contribution is -0.141. The van der Waals surface area contributed by atoms with Crippen molar-refractivity contribution in [3.63, 3.8) is 0 Å². The Kier molecular flexibility index (Phi) is 9.49. The van der Waals surface area contributed by atoms with Gasteiger partial charge in [0.1, 0.15) is 6.04 Å². The second kappa shape index (κ2) is 13.8. The first kappa shape index (κ1) is 30.2. The molecule has 226 valence electrons. The zero-order valence-electron chi connectivity index (χ0n) is 24.2. The first-order valence-electron chi connectivity index (χ1n) is 14.6. The van der Waals surface area contributed by atoms with Crippen molar-refractivity contribution in [1.82, 2.24) is 16.0 Å². The zero-order chi connectivity index (χ0) is 31.1. The average Bonchev–Trinajstić information content (AvgIpc) is 3.00. The number of nitrogens with zero attached hydrogens (tertiary/aromatic N) is 1. The molecule has 0 radical (unpaired) electrons. The number of amides is 4. The fraction of sp³-hybridized carbons (Fsp3) is 0.265. The number of allylic oxidation sites excluding steroid dienone is 2. The standard InChI is InChI=1S/C34H34N4O6/c39-30(35-19-31(40)36-20-32(41)37-28(34(43)44)18-22-8-2-1-3-9-22)16-17-33(42)38-21-23-10-4-5-11-24(23)25-14-15-26(25)27-12-6-7-13-29(27)38/h1-13,28H,14-21H2,(H,35,39)(H,36,40)(H,37,41)(H,43,44)/t28-/m0/s1. The Hall–Kier alpha value is -5.25. The third-order valence-electron chi connectivity index (χ3n) is 7.86. The molecule has 0 saturated heterocycles. The minimum absolute atomic E-state index is 0.0454. The number of hydrogen-bond acceptors (Lipinski definition) is 5. The molecule has 5 rings (SSSR count). The lowest BCUT2D eigenvalue weighted by Gasteiger charge is -2.35. The maximum absolute atomic E-state index is 13.5. The van der Waals surface area contributed by atoms with Crippen molar-refractivity contribution in [3.05, 3.63) is 101 Å². The van der Waals surface area contributed by atoms with Crippen LogP contribution in [0.4, 0.5) is 5.69 Å². The van der Waals surface area contributed by atoms with Gasteiger partial charge in [0, 0.05) is 24.8 Å². The number of para-hydroxylation sites is 1. The van der Waals surface area contributed by atoms with Crippen LogP contribution in [0, 0.1) is 0 Å². The molecule has 3 aromatic rings. The van der Waals surface area contributed by atoms with Crippen molar-refractivity contribution in [2.24, 2.45) is 0 Å². The number of benzene rings is 3. The highest BCUT2D eigenvalue weighted by Crippen LogP contribution is 2.48. The molecule has 1 aliphatic heterocycles. The van der Waals surface area contributed by atoms with Gasteiger partial charge in [-0.1, -0.05) is 72.8 Å². The minimum Gasteiger partial charge on any atom is -0.480 e. The molecule has 10 nitrogen and oxygen atoms in total. The van der Waals surface area contributed by atoms with Crippen LogP contribution in [-0.2, 0) is 36.9 Å². The van der Waals surface area contributed by atoms with Crippen molar-refractivity contribution < 1.29 is 29.1 Å². The Bertz CT molecular complexity index is 1620. The molecular formula is C34H34N4O6. The quantitative estimate of drug-likeness (QED) is 0.269. The van der Waals surface area contributed by atoms with Gasteiger partial charge in [0.05, 0.1) is 25.3 Å². The van der Waals surface area contributed by atoms with Gasteiger partial charge < -0.3 is 26.0 Å². The van der Waals surface area contributed by atoms with Crippen molar-refractivity contribution in [1.29, 1.82) is 0 Å². The van der Waals surface area contributed by atoms with Gasteiger partial charge in [0.2, 0.25) is 23.6 Å². The Morgan fingerprint density at radius 3 is 2.05 bits per heavy atom. The van der Waals surface area contributed by atoms with E-state index in [0.29, 0.717) is 6.54 Å².